The summed E-state index contributed by atoms with van der Waals surface area (Å²) in [5.74, 6) is 0.873. The van der Waals surface area contributed by atoms with Crippen LogP contribution in [0.1, 0.15) is 32.1 Å². The van der Waals surface area contributed by atoms with Crippen LogP contribution in [-0.2, 0) is 4.79 Å². The molecule has 0 aromatic heterocycles. The highest BCUT2D eigenvalue weighted by molar-refractivity contribution is 5.79. The number of rotatable bonds is 5. The lowest BCUT2D eigenvalue weighted by Gasteiger charge is -2.20. The van der Waals surface area contributed by atoms with Gasteiger partial charge in [-0.05, 0) is 25.0 Å². The number of ether oxygens (including phenoxy) is 1. The minimum absolute atomic E-state index is 0.00698. The third kappa shape index (κ3) is 4.53. The van der Waals surface area contributed by atoms with E-state index in [0.717, 1.165) is 31.4 Å². The van der Waals surface area contributed by atoms with Gasteiger partial charge in [0, 0.05) is 6.04 Å². The quantitative estimate of drug-likeness (QED) is 0.639. The molecular formula is C16H24N2O2. The van der Waals surface area contributed by atoms with Crippen molar-refractivity contribution in [1.82, 2.24) is 5.32 Å². The molecule has 0 bridgehead atoms. The smallest absolute Gasteiger partial charge is 0.224 e. The van der Waals surface area contributed by atoms with Crippen molar-refractivity contribution in [2.24, 2.45) is 11.7 Å². The summed E-state index contributed by atoms with van der Waals surface area (Å²) in [7, 11) is 0. The van der Waals surface area contributed by atoms with Crippen molar-refractivity contribution < 1.29 is 9.53 Å². The van der Waals surface area contributed by atoms with Gasteiger partial charge in [0.15, 0.2) is 0 Å². The minimum atomic E-state index is -0.0331. The van der Waals surface area contributed by atoms with E-state index in [1.54, 1.807) is 0 Å². The first-order chi connectivity index (χ1) is 9.77. The summed E-state index contributed by atoms with van der Waals surface area (Å²) in [6.45, 7) is 1.01. The minimum Gasteiger partial charge on any atom is -0.492 e. The van der Waals surface area contributed by atoms with E-state index in [1.807, 2.05) is 30.3 Å². The molecule has 1 aliphatic carbocycles. The summed E-state index contributed by atoms with van der Waals surface area (Å²) in [5, 5.41) is 2.94. The molecule has 0 radical (unpaired) electrons. The van der Waals surface area contributed by atoms with Crippen molar-refractivity contribution in [2.45, 2.75) is 38.1 Å². The Balaban J connectivity index is 1.69. The summed E-state index contributed by atoms with van der Waals surface area (Å²) in [6, 6.07) is 9.62. The van der Waals surface area contributed by atoms with E-state index in [1.165, 1.54) is 6.42 Å². The van der Waals surface area contributed by atoms with Crippen LogP contribution < -0.4 is 15.8 Å². The first-order valence-corrected chi connectivity index (χ1v) is 7.48. The van der Waals surface area contributed by atoms with Crippen LogP contribution in [0.25, 0.3) is 0 Å². The van der Waals surface area contributed by atoms with Crippen LogP contribution in [0, 0.1) is 5.92 Å². The highest BCUT2D eigenvalue weighted by Gasteiger charge is 2.26. The zero-order valence-electron chi connectivity index (χ0n) is 11.9. The fourth-order valence-corrected chi connectivity index (χ4v) is 2.65. The first kappa shape index (κ1) is 14.9. The number of nitrogens with two attached hydrogens (primary N) is 1. The van der Waals surface area contributed by atoms with Gasteiger partial charge in [-0.25, -0.2) is 0 Å². The van der Waals surface area contributed by atoms with Crippen molar-refractivity contribution in [2.75, 3.05) is 13.2 Å². The standard InChI is InChI=1S/C16H24N2O2/c17-15-10-6-2-5-9-14(15)16(19)18-11-12-20-13-7-3-1-4-8-13/h1,3-4,7-8,14-15H,2,5-6,9-12,17H2,(H,18,19). The second kappa shape index (κ2) is 7.90. The fourth-order valence-electron chi connectivity index (χ4n) is 2.65. The molecule has 0 heterocycles. The number of amides is 1. The van der Waals surface area contributed by atoms with Gasteiger partial charge in [0.25, 0.3) is 0 Å². The summed E-state index contributed by atoms with van der Waals surface area (Å²) >= 11 is 0. The Kier molecular flexibility index (Phi) is 5.87. The van der Waals surface area contributed by atoms with Gasteiger partial charge in [-0.1, -0.05) is 37.5 Å². The third-order valence-corrected chi connectivity index (χ3v) is 3.82. The molecule has 2 rings (SSSR count). The van der Waals surface area contributed by atoms with Crippen molar-refractivity contribution in [3.05, 3.63) is 30.3 Å². The molecule has 2 unspecified atom stereocenters. The van der Waals surface area contributed by atoms with Gasteiger partial charge in [0.1, 0.15) is 12.4 Å². The van der Waals surface area contributed by atoms with E-state index in [2.05, 4.69) is 5.32 Å². The number of hydrogen-bond donors (Lipinski definition) is 2. The van der Waals surface area contributed by atoms with Crippen LogP contribution in [0.4, 0.5) is 0 Å². The van der Waals surface area contributed by atoms with E-state index >= 15 is 0 Å². The van der Waals surface area contributed by atoms with Crippen molar-refractivity contribution in [1.29, 1.82) is 0 Å². The summed E-state index contributed by atoms with van der Waals surface area (Å²) < 4.78 is 5.55. The highest BCUT2D eigenvalue weighted by atomic mass is 16.5. The number of nitrogens with one attached hydrogen (secondary N) is 1. The maximum absolute atomic E-state index is 12.1. The Morgan fingerprint density at radius 3 is 2.75 bits per heavy atom. The molecule has 4 nitrogen and oxygen atoms in total. The summed E-state index contributed by atoms with van der Waals surface area (Å²) in [4.78, 5) is 12.1. The number of benzene rings is 1. The predicted octanol–water partition coefficient (Wildman–Crippen LogP) is 2.09. The molecule has 4 heteroatoms. The average Bonchev–Trinajstić information content (AvgIpc) is 2.69. The van der Waals surface area contributed by atoms with Crippen LogP contribution in [0.5, 0.6) is 5.75 Å². The lowest BCUT2D eigenvalue weighted by molar-refractivity contribution is -0.125. The average molecular weight is 276 g/mol. The first-order valence-electron chi connectivity index (χ1n) is 7.48. The highest BCUT2D eigenvalue weighted by Crippen LogP contribution is 2.22. The van der Waals surface area contributed by atoms with Gasteiger partial charge in [-0.3, -0.25) is 4.79 Å². The van der Waals surface area contributed by atoms with Gasteiger partial charge < -0.3 is 15.8 Å². The van der Waals surface area contributed by atoms with Gasteiger partial charge in [-0.15, -0.1) is 0 Å². The van der Waals surface area contributed by atoms with Crippen molar-refractivity contribution in [3.8, 4) is 5.75 Å². The van der Waals surface area contributed by atoms with E-state index < -0.39 is 0 Å². The van der Waals surface area contributed by atoms with Gasteiger partial charge in [0.2, 0.25) is 5.91 Å². The Labute approximate surface area is 120 Å². The zero-order valence-corrected chi connectivity index (χ0v) is 11.9. The second-order valence-electron chi connectivity index (χ2n) is 5.36. The molecular weight excluding hydrogens is 252 g/mol. The molecule has 1 aromatic carbocycles. The zero-order chi connectivity index (χ0) is 14.2. The molecule has 110 valence electrons. The van der Waals surface area contributed by atoms with Gasteiger partial charge >= 0.3 is 0 Å². The Morgan fingerprint density at radius 1 is 1.20 bits per heavy atom. The summed E-state index contributed by atoms with van der Waals surface area (Å²) in [5.41, 5.74) is 6.08. The Hall–Kier alpha value is -1.55. The maximum atomic E-state index is 12.1. The normalized spacial score (nSPS) is 22.9. The lowest BCUT2D eigenvalue weighted by Crippen LogP contribution is -2.42. The van der Waals surface area contributed by atoms with Crippen molar-refractivity contribution >= 4 is 5.91 Å². The SMILES string of the molecule is NC1CCCCCC1C(=O)NCCOc1ccccc1. The Morgan fingerprint density at radius 2 is 1.95 bits per heavy atom. The number of hydrogen-bond acceptors (Lipinski definition) is 3. The molecule has 1 amide bonds. The molecule has 3 N–H and O–H groups in total. The molecule has 20 heavy (non-hydrogen) atoms. The van der Waals surface area contributed by atoms with Crippen LogP contribution >= 0.6 is 0 Å². The van der Waals surface area contributed by atoms with Crippen LogP contribution in [-0.4, -0.2) is 25.1 Å². The largest absolute Gasteiger partial charge is 0.492 e. The topological polar surface area (TPSA) is 64.4 Å². The van der Waals surface area contributed by atoms with Gasteiger partial charge in [0.05, 0.1) is 12.5 Å². The van der Waals surface area contributed by atoms with Crippen LogP contribution in [0.15, 0.2) is 30.3 Å². The van der Waals surface area contributed by atoms with E-state index in [0.29, 0.717) is 13.2 Å². The molecule has 1 aliphatic rings. The molecule has 1 saturated carbocycles. The predicted molar refractivity (Wildman–Crippen MR) is 79.5 cm³/mol. The van der Waals surface area contributed by atoms with Gasteiger partial charge in [-0.2, -0.15) is 0 Å². The van der Waals surface area contributed by atoms with E-state index in [-0.39, 0.29) is 17.9 Å². The molecule has 1 aromatic rings. The van der Waals surface area contributed by atoms with E-state index in [9.17, 15) is 4.79 Å². The molecule has 2 atom stereocenters. The van der Waals surface area contributed by atoms with E-state index in [4.69, 9.17) is 10.5 Å². The van der Waals surface area contributed by atoms with Crippen LogP contribution in [0.3, 0.4) is 0 Å². The number of carbonyl (C=O) groups excluding carboxylic acids is 1. The van der Waals surface area contributed by atoms with Crippen molar-refractivity contribution in [3.63, 3.8) is 0 Å². The monoisotopic (exact) mass is 276 g/mol. The van der Waals surface area contributed by atoms with Crippen LogP contribution in [0.2, 0.25) is 0 Å². The Bertz CT molecular complexity index is 408. The molecule has 0 spiro atoms. The fraction of sp³-hybridized carbons (Fsp3) is 0.562. The molecule has 0 saturated heterocycles. The lowest BCUT2D eigenvalue weighted by atomic mass is 9.95. The maximum Gasteiger partial charge on any atom is 0.224 e. The molecule has 0 aliphatic heterocycles. The number of para-hydroxylation sites is 1. The summed E-state index contributed by atoms with van der Waals surface area (Å²) in [6.07, 6.45) is 5.30. The third-order valence-electron chi connectivity index (χ3n) is 3.82. The number of carbonyl (C=O) groups is 1. The molecule has 1 fully saturated rings. The second-order valence-corrected chi connectivity index (χ2v) is 5.36.